The number of hydrogen-bond acceptors (Lipinski definition) is 5. The number of amides is 1. The molecule has 0 saturated carbocycles. The van der Waals surface area contributed by atoms with Crippen LogP contribution in [0.3, 0.4) is 0 Å². The van der Waals surface area contributed by atoms with Gasteiger partial charge in [-0.3, -0.25) is 14.6 Å². The Hall–Kier alpha value is -1.48. The summed E-state index contributed by atoms with van der Waals surface area (Å²) in [7, 11) is 0. The summed E-state index contributed by atoms with van der Waals surface area (Å²) in [4.78, 5) is 16.2. The highest BCUT2D eigenvalue weighted by atomic mass is 35.5. The average molecular weight is 364 g/mol. The monoisotopic (exact) mass is 363 g/mol. The van der Waals surface area contributed by atoms with Gasteiger partial charge in [-0.05, 0) is 24.3 Å². The number of aliphatic hydroxyl groups excluding tert-OH is 1. The molecule has 0 spiro atoms. The van der Waals surface area contributed by atoms with Crippen molar-refractivity contribution in [1.82, 2.24) is 9.80 Å². The first-order valence-corrected chi connectivity index (χ1v) is 7.95. The number of nitrogens with zero attached hydrogens (tertiary/aromatic N) is 2. The van der Waals surface area contributed by atoms with Gasteiger partial charge in [0.1, 0.15) is 5.75 Å². The van der Waals surface area contributed by atoms with Crippen molar-refractivity contribution in [2.24, 2.45) is 0 Å². The summed E-state index contributed by atoms with van der Waals surface area (Å²) in [6.45, 7) is 4.17. The molecular weight excluding hydrogens is 344 g/mol. The highest BCUT2D eigenvalue weighted by Crippen LogP contribution is 2.25. The van der Waals surface area contributed by atoms with Gasteiger partial charge < -0.3 is 15.2 Å². The van der Waals surface area contributed by atoms with Crippen molar-refractivity contribution >= 4 is 23.2 Å². The summed E-state index contributed by atoms with van der Waals surface area (Å²) in [5, 5.41) is 11.6. The van der Waals surface area contributed by atoms with Crippen LogP contribution in [-0.4, -0.2) is 72.3 Å². The number of anilines is 1. The quantitative estimate of drug-likeness (QED) is 0.717. The lowest BCUT2D eigenvalue weighted by Crippen LogP contribution is -2.49. The van der Waals surface area contributed by atoms with Crippen LogP contribution in [0.1, 0.15) is 0 Å². The third-order valence-electron chi connectivity index (χ3n) is 3.62. The number of hydrogen-bond donors (Lipinski definition) is 2. The molecule has 6 nitrogen and oxygen atoms in total. The van der Waals surface area contributed by atoms with E-state index in [-0.39, 0.29) is 24.8 Å². The third kappa shape index (κ3) is 6.56. The molecule has 1 fully saturated rings. The summed E-state index contributed by atoms with van der Waals surface area (Å²) in [5.41, 5.74) is -3.27. The lowest BCUT2D eigenvalue weighted by atomic mass is 10.3. The maximum absolute atomic E-state index is 12.5. The predicted molar refractivity (Wildman–Crippen MR) is 86.5 cm³/mol. The van der Waals surface area contributed by atoms with E-state index in [1.807, 2.05) is 4.90 Å². The Bertz CT molecular complexity index is 532. The summed E-state index contributed by atoms with van der Waals surface area (Å²) in [6, 6.07) is 5.54. The molecule has 134 valence electrons. The van der Waals surface area contributed by atoms with E-state index in [1.54, 1.807) is 0 Å². The molecule has 2 rings (SSSR count). The van der Waals surface area contributed by atoms with Gasteiger partial charge in [0.25, 0.3) is 0 Å². The first-order chi connectivity index (χ1) is 11.4. The number of alkyl halides is 3. The van der Waals surface area contributed by atoms with E-state index in [1.165, 1.54) is 24.3 Å². The van der Waals surface area contributed by atoms with E-state index >= 15 is 0 Å². The Morgan fingerprint density at radius 1 is 1.21 bits per heavy atom. The second-order valence-corrected chi connectivity index (χ2v) is 5.90. The Labute approximate surface area is 143 Å². The Balaban J connectivity index is 1.76. The number of carbonyl (C=O) groups is 1. The van der Waals surface area contributed by atoms with Gasteiger partial charge in [0.2, 0.25) is 5.91 Å². The molecule has 1 aromatic carbocycles. The van der Waals surface area contributed by atoms with Crippen molar-refractivity contribution in [1.29, 1.82) is 0 Å². The number of rotatable bonds is 7. The van der Waals surface area contributed by atoms with E-state index in [2.05, 4.69) is 26.6 Å². The van der Waals surface area contributed by atoms with Crippen molar-refractivity contribution in [3.8, 4) is 5.75 Å². The van der Waals surface area contributed by atoms with E-state index in [0.29, 0.717) is 12.2 Å². The van der Waals surface area contributed by atoms with Gasteiger partial charge in [-0.1, -0.05) is 0 Å². The van der Waals surface area contributed by atoms with Gasteiger partial charge in [0.15, 0.2) is 0 Å². The van der Waals surface area contributed by atoms with Gasteiger partial charge in [0, 0.05) is 50.0 Å². The number of nitrogens with one attached hydrogen (secondary N) is 1. The van der Waals surface area contributed by atoms with Crippen LogP contribution in [0, 0.1) is 0 Å². The zero-order chi connectivity index (χ0) is 17.6. The minimum atomic E-state index is -3.76. The molecule has 24 heavy (non-hydrogen) atoms. The van der Waals surface area contributed by atoms with Crippen LogP contribution in [0.5, 0.6) is 5.75 Å². The normalized spacial score (nSPS) is 16.8. The van der Waals surface area contributed by atoms with Crippen LogP contribution in [0.25, 0.3) is 0 Å². The van der Waals surface area contributed by atoms with Gasteiger partial charge in [0.05, 0.1) is 13.2 Å². The van der Waals surface area contributed by atoms with Crippen LogP contribution in [0.2, 0.25) is 0 Å². The molecule has 2 N–H and O–H groups in total. The maximum atomic E-state index is 12.5. The van der Waals surface area contributed by atoms with Crippen molar-refractivity contribution in [3.05, 3.63) is 24.3 Å². The van der Waals surface area contributed by atoms with Crippen molar-refractivity contribution in [3.63, 3.8) is 0 Å². The summed E-state index contributed by atoms with van der Waals surface area (Å²) in [6.07, 6.45) is 0. The predicted octanol–water partition coefficient (Wildman–Crippen LogP) is 1.40. The molecule has 0 radical (unpaired) electrons. The van der Waals surface area contributed by atoms with E-state index in [9.17, 15) is 13.6 Å². The molecule has 0 bridgehead atoms. The van der Waals surface area contributed by atoms with Crippen LogP contribution in [0.4, 0.5) is 14.5 Å². The molecule has 0 unspecified atom stereocenters. The molecule has 1 saturated heterocycles. The fraction of sp³-hybridized carbons (Fsp3) is 0.533. The zero-order valence-corrected chi connectivity index (χ0v) is 13.8. The van der Waals surface area contributed by atoms with E-state index < -0.39 is 5.57 Å². The van der Waals surface area contributed by atoms with Gasteiger partial charge >= 0.3 is 5.57 Å². The van der Waals surface area contributed by atoms with Gasteiger partial charge in [-0.25, -0.2) is 0 Å². The molecule has 9 heteroatoms. The Morgan fingerprint density at radius 2 is 1.79 bits per heavy atom. The SMILES string of the molecule is O=C(CN1CCN(CCO)CC1)Nc1ccc(OC(F)(F)Cl)cc1. The first-order valence-electron chi connectivity index (χ1n) is 7.57. The summed E-state index contributed by atoms with van der Waals surface area (Å²) >= 11 is 4.68. The topological polar surface area (TPSA) is 65.0 Å². The number of benzene rings is 1. The molecular formula is C15H20ClF2N3O3. The van der Waals surface area contributed by atoms with E-state index in [4.69, 9.17) is 5.11 Å². The number of aliphatic hydroxyl groups is 1. The molecule has 1 aliphatic rings. The average Bonchev–Trinajstić information content (AvgIpc) is 2.50. The van der Waals surface area contributed by atoms with Crippen molar-refractivity contribution in [2.45, 2.75) is 5.57 Å². The highest BCUT2D eigenvalue weighted by Gasteiger charge is 2.27. The van der Waals surface area contributed by atoms with E-state index in [0.717, 1.165) is 26.2 Å². The van der Waals surface area contributed by atoms with Gasteiger partial charge in [-0.2, -0.15) is 0 Å². The molecule has 1 amide bonds. The zero-order valence-electron chi connectivity index (χ0n) is 13.1. The number of piperazine rings is 1. The fourth-order valence-electron chi connectivity index (χ4n) is 2.46. The lowest BCUT2D eigenvalue weighted by molar-refractivity contribution is -0.117. The summed E-state index contributed by atoms with van der Waals surface area (Å²) < 4.78 is 29.2. The lowest BCUT2D eigenvalue weighted by Gasteiger charge is -2.33. The van der Waals surface area contributed by atoms with Crippen LogP contribution < -0.4 is 10.1 Å². The molecule has 0 aromatic heterocycles. The number of ether oxygens (including phenoxy) is 1. The first kappa shape index (κ1) is 18.9. The second-order valence-electron chi connectivity index (χ2n) is 5.46. The largest absolute Gasteiger partial charge is 0.487 e. The molecule has 0 atom stereocenters. The maximum Gasteiger partial charge on any atom is 0.487 e. The number of carbonyl (C=O) groups excluding carboxylic acids is 1. The number of halogens is 3. The van der Waals surface area contributed by atoms with Crippen LogP contribution in [-0.2, 0) is 4.79 Å². The second kappa shape index (κ2) is 8.57. The highest BCUT2D eigenvalue weighted by molar-refractivity contribution is 6.20. The molecule has 0 aliphatic carbocycles. The minimum absolute atomic E-state index is 0.0898. The third-order valence-corrected chi connectivity index (χ3v) is 3.70. The summed E-state index contributed by atoms with van der Waals surface area (Å²) in [5.74, 6) is -0.269. The number of β-amino-alcohol motifs (C(OH)–C–C–N with tert-alkyl or cyclic N) is 1. The van der Waals surface area contributed by atoms with Crippen LogP contribution >= 0.6 is 11.6 Å². The smallest absolute Gasteiger partial charge is 0.420 e. The minimum Gasteiger partial charge on any atom is -0.420 e. The van der Waals surface area contributed by atoms with Crippen LogP contribution in [0.15, 0.2) is 24.3 Å². The Kier molecular flexibility index (Phi) is 6.73. The van der Waals surface area contributed by atoms with Gasteiger partial charge in [-0.15, -0.1) is 8.78 Å². The molecule has 1 aromatic rings. The standard InChI is InChI=1S/C15H20ClF2N3O3/c16-15(17,18)24-13-3-1-12(2-4-13)19-14(23)11-21-7-5-20(6-8-21)9-10-22/h1-4,22H,5-11H2,(H,19,23). The fourth-order valence-corrected chi connectivity index (χ4v) is 2.55. The Morgan fingerprint density at radius 3 is 2.33 bits per heavy atom. The van der Waals surface area contributed by atoms with Crippen molar-refractivity contribution < 1.29 is 23.4 Å². The molecule has 1 heterocycles. The van der Waals surface area contributed by atoms with Crippen molar-refractivity contribution in [2.75, 3.05) is 51.2 Å². The molecule has 1 aliphatic heterocycles.